The number of hydrogen-bond acceptors (Lipinski definition) is 5. The van der Waals surface area contributed by atoms with Gasteiger partial charge in [-0.1, -0.05) is 12.8 Å². The Morgan fingerprint density at radius 3 is 2.52 bits per heavy atom. The highest BCUT2D eigenvalue weighted by atomic mass is 19.1. The van der Waals surface area contributed by atoms with E-state index in [0.717, 1.165) is 25.7 Å². The summed E-state index contributed by atoms with van der Waals surface area (Å²) in [4.78, 5) is 23.0. The molecule has 0 aliphatic rings. The number of unbranched alkanes of at least 4 members (excludes halogenated alkanes) is 3. The van der Waals surface area contributed by atoms with E-state index in [2.05, 4.69) is 10.1 Å². The molecule has 0 aliphatic carbocycles. The Hall–Kier alpha value is -2.83. The lowest BCUT2D eigenvalue weighted by Crippen LogP contribution is -2.23. The van der Waals surface area contributed by atoms with Crippen molar-refractivity contribution in [1.29, 1.82) is 0 Å². The third-order valence-electron chi connectivity index (χ3n) is 3.90. The average molecular weight is 377 g/mol. The molecule has 0 unspecified atom stereocenters. The lowest BCUT2D eigenvalue weighted by Gasteiger charge is -2.04. The minimum absolute atomic E-state index is 0.152. The minimum atomic E-state index is -0.331. The number of rotatable bonds is 11. The van der Waals surface area contributed by atoms with E-state index >= 15 is 0 Å². The van der Waals surface area contributed by atoms with Crippen LogP contribution in [0.4, 0.5) is 4.39 Å². The second-order valence-corrected chi connectivity index (χ2v) is 6.00. The molecule has 0 atom stereocenters. The first-order valence-electron chi connectivity index (χ1n) is 8.90. The second-order valence-electron chi connectivity index (χ2n) is 6.00. The second kappa shape index (κ2) is 11.0. The van der Waals surface area contributed by atoms with E-state index in [1.54, 1.807) is 12.1 Å². The molecule has 0 saturated carbocycles. The van der Waals surface area contributed by atoms with Crippen LogP contribution in [0, 0.1) is 5.82 Å². The fraction of sp³-hybridized carbons (Fsp3) is 0.400. The van der Waals surface area contributed by atoms with Gasteiger partial charge in [0.2, 0.25) is 0 Å². The van der Waals surface area contributed by atoms with Gasteiger partial charge in [-0.25, -0.2) is 4.39 Å². The van der Waals surface area contributed by atoms with Gasteiger partial charge in [-0.15, -0.1) is 0 Å². The smallest absolute Gasteiger partial charge is 0.305 e. The first-order valence-corrected chi connectivity index (χ1v) is 8.90. The van der Waals surface area contributed by atoms with Gasteiger partial charge in [0, 0.05) is 13.0 Å². The number of furan rings is 1. The summed E-state index contributed by atoms with van der Waals surface area (Å²) in [5.41, 5.74) is 0. The summed E-state index contributed by atoms with van der Waals surface area (Å²) in [6, 6.07) is 8.94. The van der Waals surface area contributed by atoms with Crippen molar-refractivity contribution in [3.63, 3.8) is 0 Å². The first kappa shape index (κ1) is 20.5. The monoisotopic (exact) mass is 377 g/mol. The van der Waals surface area contributed by atoms with E-state index in [1.807, 2.05) is 0 Å². The molecule has 27 heavy (non-hydrogen) atoms. The molecule has 0 fully saturated rings. The number of halogens is 1. The Labute approximate surface area is 157 Å². The van der Waals surface area contributed by atoms with Crippen LogP contribution in [-0.4, -0.2) is 25.5 Å². The molecule has 7 heteroatoms. The molecule has 2 aromatic rings. The van der Waals surface area contributed by atoms with E-state index in [1.165, 1.54) is 31.4 Å². The van der Waals surface area contributed by atoms with Gasteiger partial charge < -0.3 is 19.2 Å². The maximum atomic E-state index is 12.8. The third-order valence-corrected chi connectivity index (χ3v) is 3.90. The highest BCUT2D eigenvalue weighted by Gasteiger charge is 2.11. The number of benzene rings is 1. The van der Waals surface area contributed by atoms with Gasteiger partial charge in [0.25, 0.3) is 5.91 Å². The molecule has 1 amide bonds. The van der Waals surface area contributed by atoms with E-state index in [-0.39, 0.29) is 30.1 Å². The molecule has 0 aliphatic heterocycles. The Balaban J connectivity index is 1.62. The largest absolute Gasteiger partial charge is 0.486 e. The summed E-state index contributed by atoms with van der Waals surface area (Å²) >= 11 is 0. The predicted molar refractivity (Wildman–Crippen MR) is 96.9 cm³/mol. The van der Waals surface area contributed by atoms with Gasteiger partial charge >= 0.3 is 5.97 Å². The number of amides is 1. The number of nitrogens with one attached hydrogen (secondary N) is 1. The summed E-state index contributed by atoms with van der Waals surface area (Å²) in [6.07, 6.45) is 3.88. The zero-order chi connectivity index (χ0) is 19.5. The third kappa shape index (κ3) is 7.52. The van der Waals surface area contributed by atoms with Crippen LogP contribution in [0.15, 0.2) is 40.8 Å². The van der Waals surface area contributed by atoms with E-state index in [4.69, 9.17) is 9.15 Å². The van der Waals surface area contributed by atoms with E-state index in [0.29, 0.717) is 24.5 Å². The molecule has 1 aromatic heterocycles. The molecule has 0 saturated heterocycles. The van der Waals surface area contributed by atoms with Gasteiger partial charge in [-0.05, 0) is 49.2 Å². The van der Waals surface area contributed by atoms with Crippen LogP contribution in [0.25, 0.3) is 0 Å². The maximum Gasteiger partial charge on any atom is 0.305 e. The van der Waals surface area contributed by atoms with Crippen molar-refractivity contribution in [1.82, 2.24) is 5.32 Å². The zero-order valence-corrected chi connectivity index (χ0v) is 15.3. The molecule has 0 radical (unpaired) electrons. The average Bonchev–Trinajstić information content (AvgIpc) is 3.15. The van der Waals surface area contributed by atoms with Crippen LogP contribution in [-0.2, 0) is 16.1 Å². The molecule has 0 spiro atoms. The van der Waals surface area contributed by atoms with Crippen molar-refractivity contribution in [2.75, 3.05) is 13.7 Å². The maximum absolute atomic E-state index is 12.8. The molecular formula is C20H24FNO5. The lowest BCUT2D eigenvalue weighted by atomic mass is 10.1. The molecule has 6 nitrogen and oxygen atoms in total. The van der Waals surface area contributed by atoms with Gasteiger partial charge in [-0.2, -0.15) is 0 Å². The fourth-order valence-electron chi connectivity index (χ4n) is 2.40. The van der Waals surface area contributed by atoms with E-state index < -0.39 is 0 Å². The summed E-state index contributed by atoms with van der Waals surface area (Å²) in [6.45, 7) is 0.693. The number of hydrogen-bond donors (Lipinski definition) is 1. The van der Waals surface area contributed by atoms with E-state index in [9.17, 15) is 14.0 Å². The van der Waals surface area contributed by atoms with Crippen LogP contribution < -0.4 is 10.1 Å². The number of esters is 1. The Morgan fingerprint density at radius 1 is 1.04 bits per heavy atom. The molecule has 1 N–H and O–H groups in total. The van der Waals surface area contributed by atoms with Crippen molar-refractivity contribution in [2.45, 2.75) is 38.7 Å². The van der Waals surface area contributed by atoms with Crippen LogP contribution in [0.2, 0.25) is 0 Å². The van der Waals surface area contributed by atoms with Crippen molar-refractivity contribution in [3.8, 4) is 5.75 Å². The Bertz CT molecular complexity index is 726. The highest BCUT2D eigenvalue weighted by Crippen LogP contribution is 2.15. The topological polar surface area (TPSA) is 77.8 Å². The number of carbonyl (C=O) groups excluding carboxylic acids is 2. The Morgan fingerprint density at radius 2 is 1.78 bits per heavy atom. The van der Waals surface area contributed by atoms with Gasteiger partial charge in [-0.3, -0.25) is 9.59 Å². The van der Waals surface area contributed by atoms with Crippen molar-refractivity contribution in [3.05, 3.63) is 53.7 Å². The summed E-state index contributed by atoms with van der Waals surface area (Å²) in [7, 11) is 1.38. The number of ether oxygens (including phenoxy) is 2. The molecule has 146 valence electrons. The lowest BCUT2D eigenvalue weighted by molar-refractivity contribution is -0.140. The molecule has 0 bridgehead atoms. The quantitative estimate of drug-likeness (QED) is 0.475. The first-order chi connectivity index (χ1) is 13.1. The predicted octanol–water partition coefficient (Wildman–Crippen LogP) is 3.85. The summed E-state index contributed by atoms with van der Waals surface area (Å²) in [5, 5.41) is 2.80. The summed E-state index contributed by atoms with van der Waals surface area (Å²) < 4.78 is 28.4. The standard InChI is InChI=1S/C20H24FNO5/c1-25-19(23)6-4-2-3-5-13-22-20(24)18-12-11-17(27-18)14-26-16-9-7-15(21)8-10-16/h7-12H,2-6,13-14H2,1H3,(H,22,24). The van der Waals surface area contributed by atoms with Gasteiger partial charge in [0.1, 0.15) is 23.9 Å². The van der Waals surface area contributed by atoms with Gasteiger partial charge in [0.15, 0.2) is 5.76 Å². The molecule has 1 heterocycles. The van der Waals surface area contributed by atoms with Crippen LogP contribution >= 0.6 is 0 Å². The fourth-order valence-corrected chi connectivity index (χ4v) is 2.40. The van der Waals surface area contributed by atoms with Crippen molar-refractivity contribution >= 4 is 11.9 Å². The van der Waals surface area contributed by atoms with Crippen LogP contribution in [0.3, 0.4) is 0 Å². The van der Waals surface area contributed by atoms with Crippen LogP contribution in [0.5, 0.6) is 5.75 Å². The molecule has 2 rings (SSSR count). The van der Waals surface area contributed by atoms with Crippen LogP contribution in [0.1, 0.15) is 48.4 Å². The van der Waals surface area contributed by atoms with Crippen molar-refractivity contribution in [2.24, 2.45) is 0 Å². The zero-order valence-electron chi connectivity index (χ0n) is 15.3. The normalized spacial score (nSPS) is 10.4. The van der Waals surface area contributed by atoms with Gasteiger partial charge in [0.05, 0.1) is 7.11 Å². The summed E-state index contributed by atoms with van der Waals surface area (Å²) in [5.74, 6) is 0.442. The minimum Gasteiger partial charge on any atom is -0.486 e. The SMILES string of the molecule is COC(=O)CCCCCCNC(=O)c1ccc(COc2ccc(F)cc2)o1. The highest BCUT2D eigenvalue weighted by molar-refractivity contribution is 5.91. The Kier molecular flexibility index (Phi) is 8.35. The van der Waals surface area contributed by atoms with Crippen molar-refractivity contribution < 1.29 is 27.9 Å². The number of carbonyl (C=O) groups is 2. The molecule has 1 aromatic carbocycles. The number of methoxy groups -OCH3 is 1. The molecular weight excluding hydrogens is 353 g/mol.